The smallest absolute Gasteiger partial charge is 0.407 e. The first-order valence-corrected chi connectivity index (χ1v) is 12.0. The summed E-state index contributed by atoms with van der Waals surface area (Å²) in [6.07, 6.45) is 6.50. The first-order valence-electron chi connectivity index (χ1n) is 11.3. The Morgan fingerprint density at radius 2 is 2.09 bits per heavy atom. The van der Waals surface area contributed by atoms with E-state index in [4.69, 9.17) is 4.74 Å². The average Bonchev–Trinajstić information content (AvgIpc) is 3.15. The summed E-state index contributed by atoms with van der Waals surface area (Å²) in [6.45, 7) is 8.76. The molecule has 3 aromatic rings. The number of nitrogens with one attached hydrogen (secondary N) is 3. The second-order valence-corrected chi connectivity index (χ2v) is 10.3. The van der Waals surface area contributed by atoms with Crippen molar-refractivity contribution in [2.75, 3.05) is 23.3 Å². The third kappa shape index (κ3) is 5.32. The maximum Gasteiger partial charge on any atom is 0.407 e. The lowest BCUT2D eigenvalue weighted by Crippen LogP contribution is -2.49. The number of anilines is 2. The van der Waals surface area contributed by atoms with Crippen molar-refractivity contribution in [1.82, 2.24) is 20.3 Å². The quantitative estimate of drug-likeness (QED) is 0.449. The number of ether oxygens (including phenoxy) is 1. The van der Waals surface area contributed by atoms with Crippen LogP contribution in [-0.2, 0) is 4.74 Å². The van der Waals surface area contributed by atoms with Crippen LogP contribution >= 0.6 is 15.9 Å². The molecule has 10 heteroatoms. The minimum atomic E-state index is -0.552. The summed E-state index contributed by atoms with van der Waals surface area (Å²) < 4.78 is 6.24. The molecular weight excluding hydrogens is 500 g/mol. The molecule has 9 nitrogen and oxygen atoms in total. The largest absolute Gasteiger partial charge is 0.444 e. The molecule has 180 valence electrons. The highest BCUT2D eigenvalue weighted by atomic mass is 79.9. The molecule has 34 heavy (non-hydrogen) atoms. The highest BCUT2D eigenvalue weighted by molar-refractivity contribution is 9.10. The number of hydrogen-bond acceptors (Lipinski definition) is 6. The van der Waals surface area contributed by atoms with Crippen LogP contribution in [0, 0.1) is 6.92 Å². The standard InChI is InChI=1S/C24H29BrN6O3/c1-14-16(8-5-9-26-14)22(32)30-18-12-28-21-19(18)20(17(25)11-27-21)31-10-6-7-15(13-31)29-23(33)34-24(2,3)4/h5,8-9,11-12,15H,6-7,10,13H2,1-4H3,(H,27,28)(H,29,33)(H,30,32)/t15-/m1/s1. The SMILES string of the molecule is Cc1ncccc1C(=O)Nc1c[nH]c2ncc(Br)c(N3CCC[C@@H](NC(=O)OC(C)(C)C)C3)c12. The number of aromatic nitrogens is 3. The van der Waals surface area contributed by atoms with E-state index in [1.165, 1.54) is 0 Å². The summed E-state index contributed by atoms with van der Waals surface area (Å²) in [5.74, 6) is -0.236. The van der Waals surface area contributed by atoms with Gasteiger partial charge in [-0.2, -0.15) is 0 Å². The molecule has 1 atom stereocenters. The Balaban J connectivity index is 1.60. The highest BCUT2D eigenvalue weighted by Crippen LogP contribution is 2.39. The zero-order valence-corrected chi connectivity index (χ0v) is 21.3. The van der Waals surface area contributed by atoms with Crippen molar-refractivity contribution in [3.8, 4) is 0 Å². The number of pyridine rings is 2. The zero-order valence-electron chi connectivity index (χ0n) is 19.7. The zero-order chi connectivity index (χ0) is 24.5. The Morgan fingerprint density at radius 3 is 2.82 bits per heavy atom. The van der Waals surface area contributed by atoms with E-state index in [2.05, 4.69) is 46.4 Å². The van der Waals surface area contributed by atoms with Crippen LogP contribution in [-0.4, -0.2) is 51.7 Å². The van der Waals surface area contributed by atoms with Crippen LogP contribution in [0.25, 0.3) is 11.0 Å². The van der Waals surface area contributed by atoms with Crippen molar-refractivity contribution in [3.63, 3.8) is 0 Å². The van der Waals surface area contributed by atoms with Gasteiger partial charge in [-0.3, -0.25) is 9.78 Å². The van der Waals surface area contributed by atoms with E-state index in [1.807, 2.05) is 20.8 Å². The molecule has 0 saturated carbocycles. The van der Waals surface area contributed by atoms with Crippen molar-refractivity contribution < 1.29 is 14.3 Å². The molecule has 1 aliphatic rings. The van der Waals surface area contributed by atoms with E-state index in [0.717, 1.165) is 34.9 Å². The Morgan fingerprint density at radius 1 is 1.29 bits per heavy atom. The number of rotatable bonds is 4. The van der Waals surface area contributed by atoms with Gasteiger partial charge in [0, 0.05) is 43.4 Å². The summed E-state index contributed by atoms with van der Waals surface area (Å²) >= 11 is 3.65. The second-order valence-electron chi connectivity index (χ2n) is 9.40. The lowest BCUT2D eigenvalue weighted by molar-refractivity contribution is 0.0500. The van der Waals surface area contributed by atoms with Gasteiger partial charge < -0.3 is 25.3 Å². The van der Waals surface area contributed by atoms with Crippen molar-refractivity contribution in [2.24, 2.45) is 0 Å². The number of aryl methyl sites for hydroxylation is 1. The van der Waals surface area contributed by atoms with Gasteiger partial charge in [-0.1, -0.05) is 0 Å². The molecule has 0 spiro atoms. The maximum atomic E-state index is 13.0. The van der Waals surface area contributed by atoms with E-state index < -0.39 is 11.7 Å². The third-order valence-corrected chi connectivity index (χ3v) is 6.17. The molecule has 1 fully saturated rings. The van der Waals surface area contributed by atoms with Crippen molar-refractivity contribution in [2.45, 2.75) is 52.2 Å². The molecule has 0 unspecified atom stereocenters. The van der Waals surface area contributed by atoms with Crippen molar-refractivity contribution >= 4 is 50.3 Å². The van der Waals surface area contributed by atoms with Crippen molar-refractivity contribution in [3.05, 3.63) is 46.5 Å². The molecule has 1 saturated heterocycles. The number of H-pyrrole nitrogens is 1. The molecule has 0 radical (unpaired) electrons. The Hall–Kier alpha value is -3.14. The summed E-state index contributed by atoms with van der Waals surface area (Å²) in [5.41, 5.74) is 2.84. The van der Waals surface area contributed by atoms with Crippen LogP contribution in [0.2, 0.25) is 0 Å². The minimum absolute atomic E-state index is 0.0614. The number of hydrogen-bond donors (Lipinski definition) is 3. The highest BCUT2D eigenvalue weighted by Gasteiger charge is 2.28. The van der Waals surface area contributed by atoms with E-state index in [-0.39, 0.29) is 11.9 Å². The number of halogens is 1. The van der Waals surface area contributed by atoms with Gasteiger partial charge in [0.1, 0.15) is 11.2 Å². The summed E-state index contributed by atoms with van der Waals surface area (Å²) in [5, 5.41) is 6.81. The van der Waals surface area contributed by atoms with Crippen LogP contribution in [0.1, 0.15) is 49.7 Å². The molecule has 3 N–H and O–H groups in total. The molecule has 3 aromatic heterocycles. The Bertz CT molecular complexity index is 1220. The van der Waals surface area contributed by atoms with Crippen LogP contribution in [0.5, 0.6) is 0 Å². The fraction of sp³-hybridized carbons (Fsp3) is 0.417. The number of nitrogens with zero attached hydrogens (tertiary/aromatic N) is 3. The lowest BCUT2D eigenvalue weighted by atomic mass is 10.0. The number of fused-ring (bicyclic) bond motifs is 1. The molecule has 0 bridgehead atoms. The number of alkyl carbamates (subject to hydrolysis) is 1. The maximum absolute atomic E-state index is 13.0. The Kier molecular flexibility index (Phi) is 6.79. The van der Waals surface area contributed by atoms with Gasteiger partial charge in [0.2, 0.25) is 0 Å². The number of amides is 2. The van der Waals surface area contributed by atoms with Crippen LogP contribution in [0.3, 0.4) is 0 Å². The monoisotopic (exact) mass is 528 g/mol. The van der Waals surface area contributed by atoms with Crippen LogP contribution in [0.15, 0.2) is 35.2 Å². The fourth-order valence-corrected chi connectivity index (χ4v) is 4.70. The van der Waals surface area contributed by atoms with Crippen LogP contribution in [0.4, 0.5) is 16.2 Å². The van der Waals surface area contributed by atoms with Crippen LogP contribution < -0.4 is 15.5 Å². The summed E-state index contributed by atoms with van der Waals surface area (Å²) in [6, 6.07) is 3.43. The molecular formula is C24H29BrN6O3. The van der Waals surface area contributed by atoms with E-state index in [0.29, 0.717) is 29.1 Å². The van der Waals surface area contributed by atoms with Gasteiger partial charge in [0.25, 0.3) is 5.91 Å². The lowest BCUT2D eigenvalue weighted by Gasteiger charge is -2.36. The van der Waals surface area contributed by atoms with Gasteiger partial charge in [0.05, 0.1) is 26.8 Å². The number of aromatic amines is 1. The topological polar surface area (TPSA) is 112 Å². The number of piperidine rings is 1. The average molecular weight is 529 g/mol. The minimum Gasteiger partial charge on any atom is -0.444 e. The molecule has 4 heterocycles. The summed E-state index contributed by atoms with van der Waals surface area (Å²) in [7, 11) is 0. The van der Waals surface area contributed by atoms with Gasteiger partial charge in [-0.05, 0) is 68.6 Å². The van der Waals surface area contributed by atoms with Gasteiger partial charge in [-0.25, -0.2) is 9.78 Å². The normalized spacial score (nSPS) is 16.4. The fourth-order valence-electron chi connectivity index (χ4n) is 4.15. The molecule has 0 aromatic carbocycles. The third-order valence-electron chi connectivity index (χ3n) is 5.59. The predicted octanol–water partition coefficient (Wildman–Crippen LogP) is 4.77. The first kappa shape index (κ1) is 24.0. The molecule has 1 aliphatic heterocycles. The predicted molar refractivity (Wildman–Crippen MR) is 135 cm³/mol. The first-order chi connectivity index (χ1) is 16.1. The van der Waals surface area contributed by atoms with E-state index in [9.17, 15) is 9.59 Å². The number of carbonyl (C=O) groups is 2. The van der Waals surface area contributed by atoms with Gasteiger partial charge in [-0.15, -0.1) is 0 Å². The van der Waals surface area contributed by atoms with E-state index in [1.54, 1.807) is 37.6 Å². The van der Waals surface area contributed by atoms with Gasteiger partial charge >= 0.3 is 6.09 Å². The molecule has 0 aliphatic carbocycles. The second kappa shape index (κ2) is 9.61. The number of carbonyl (C=O) groups excluding carboxylic acids is 2. The molecule has 4 rings (SSSR count). The Labute approximate surface area is 206 Å². The molecule has 2 amide bonds. The summed E-state index contributed by atoms with van der Waals surface area (Å²) in [4.78, 5) is 39.3. The van der Waals surface area contributed by atoms with Gasteiger partial charge in [0.15, 0.2) is 0 Å². The van der Waals surface area contributed by atoms with E-state index >= 15 is 0 Å². The van der Waals surface area contributed by atoms with Crippen molar-refractivity contribution in [1.29, 1.82) is 0 Å².